The van der Waals surface area contributed by atoms with Crippen molar-refractivity contribution in [1.82, 2.24) is 10.3 Å². The van der Waals surface area contributed by atoms with Crippen LogP contribution in [0.2, 0.25) is 0 Å². The normalized spacial score (nSPS) is 16.8. The molecule has 2 N–H and O–H groups in total. The first-order valence-electron chi connectivity index (χ1n) is 5.80. The molecule has 0 bridgehead atoms. The van der Waals surface area contributed by atoms with Gasteiger partial charge in [0.1, 0.15) is 12.0 Å². The predicted molar refractivity (Wildman–Crippen MR) is 69.2 cm³/mol. The molecule has 1 aliphatic rings. The standard InChI is InChI=1S/C14H10N4O/c15-8-9-3-1-4-10(7-9)12-17-13-11(14(19)18-12)5-2-6-16-13/h1-7,12H,(H,16,17)(H,18,19). The van der Waals surface area contributed by atoms with E-state index in [1.807, 2.05) is 6.07 Å². The van der Waals surface area contributed by atoms with E-state index < -0.39 is 0 Å². The average molecular weight is 250 g/mol. The van der Waals surface area contributed by atoms with E-state index in [2.05, 4.69) is 21.7 Å². The summed E-state index contributed by atoms with van der Waals surface area (Å²) in [6.45, 7) is 0. The third-order valence-corrected chi connectivity index (χ3v) is 2.96. The van der Waals surface area contributed by atoms with E-state index in [9.17, 15) is 4.79 Å². The van der Waals surface area contributed by atoms with Crippen LogP contribution in [0.5, 0.6) is 0 Å². The van der Waals surface area contributed by atoms with E-state index in [-0.39, 0.29) is 12.1 Å². The van der Waals surface area contributed by atoms with E-state index in [1.54, 1.807) is 36.5 Å². The monoisotopic (exact) mass is 250 g/mol. The van der Waals surface area contributed by atoms with Gasteiger partial charge in [-0.05, 0) is 29.8 Å². The molecule has 1 aromatic carbocycles. The third-order valence-electron chi connectivity index (χ3n) is 2.96. The minimum absolute atomic E-state index is 0.172. The van der Waals surface area contributed by atoms with Crippen LogP contribution >= 0.6 is 0 Å². The van der Waals surface area contributed by atoms with Gasteiger partial charge in [0.05, 0.1) is 17.2 Å². The number of rotatable bonds is 1. The van der Waals surface area contributed by atoms with Crippen molar-refractivity contribution in [3.63, 3.8) is 0 Å². The Labute approximate surface area is 109 Å². The molecule has 5 heteroatoms. The van der Waals surface area contributed by atoms with Gasteiger partial charge < -0.3 is 10.6 Å². The number of pyridine rings is 1. The van der Waals surface area contributed by atoms with E-state index >= 15 is 0 Å². The highest BCUT2D eigenvalue weighted by molar-refractivity contribution is 6.00. The van der Waals surface area contributed by atoms with Crippen molar-refractivity contribution >= 4 is 11.7 Å². The molecule has 5 nitrogen and oxygen atoms in total. The molecule has 0 spiro atoms. The van der Waals surface area contributed by atoms with Crippen molar-refractivity contribution in [2.24, 2.45) is 0 Å². The molecule has 0 saturated heterocycles. The molecule has 0 saturated carbocycles. The fraction of sp³-hybridized carbons (Fsp3) is 0.0714. The van der Waals surface area contributed by atoms with Crippen molar-refractivity contribution in [1.29, 1.82) is 5.26 Å². The topological polar surface area (TPSA) is 77.8 Å². The molecule has 1 atom stereocenters. The summed E-state index contributed by atoms with van der Waals surface area (Å²) in [5, 5.41) is 14.9. The van der Waals surface area contributed by atoms with Gasteiger partial charge in [0.2, 0.25) is 0 Å². The van der Waals surface area contributed by atoms with Gasteiger partial charge in [-0.15, -0.1) is 0 Å². The number of hydrogen-bond donors (Lipinski definition) is 2. The third kappa shape index (κ3) is 2.00. The van der Waals surface area contributed by atoms with Gasteiger partial charge in [-0.3, -0.25) is 4.79 Å². The Morgan fingerprint density at radius 3 is 2.95 bits per heavy atom. The molecule has 19 heavy (non-hydrogen) atoms. The molecular weight excluding hydrogens is 240 g/mol. The number of anilines is 1. The van der Waals surface area contributed by atoms with Gasteiger partial charge in [-0.25, -0.2) is 4.98 Å². The molecule has 0 fully saturated rings. The zero-order valence-electron chi connectivity index (χ0n) is 9.92. The molecule has 1 unspecified atom stereocenters. The first-order chi connectivity index (χ1) is 9.28. The maximum absolute atomic E-state index is 12.0. The van der Waals surface area contributed by atoms with Crippen LogP contribution < -0.4 is 10.6 Å². The summed E-state index contributed by atoms with van der Waals surface area (Å²) in [4.78, 5) is 16.1. The number of carbonyl (C=O) groups excluding carboxylic acids is 1. The lowest BCUT2D eigenvalue weighted by atomic mass is 10.1. The minimum Gasteiger partial charge on any atom is -0.346 e. The highest BCUT2D eigenvalue weighted by atomic mass is 16.2. The highest BCUT2D eigenvalue weighted by Crippen LogP contribution is 2.24. The van der Waals surface area contributed by atoms with Crippen molar-refractivity contribution in [3.05, 3.63) is 59.3 Å². The van der Waals surface area contributed by atoms with Crippen LogP contribution in [0, 0.1) is 11.3 Å². The summed E-state index contributed by atoms with van der Waals surface area (Å²) >= 11 is 0. The number of nitriles is 1. The first kappa shape index (κ1) is 11.2. The second-order valence-corrected chi connectivity index (χ2v) is 4.19. The summed E-state index contributed by atoms with van der Waals surface area (Å²) < 4.78 is 0. The van der Waals surface area contributed by atoms with Gasteiger partial charge in [0, 0.05) is 6.20 Å². The van der Waals surface area contributed by atoms with Crippen LogP contribution in [0.25, 0.3) is 0 Å². The minimum atomic E-state index is -0.372. The van der Waals surface area contributed by atoms with Crippen LogP contribution in [0.1, 0.15) is 27.7 Å². The zero-order chi connectivity index (χ0) is 13.2. The maximum atomic E-state index is 12.0. The number of carbonyl (C=O) groups is 1. The lowest BCUT2D eigenvalue weighted by Crippen LogP contribution is -2.38. The maximum Gasteiger partial charge on any atom is 0.256 e. The van der Waals surface area contributed by atoms with Crippen molar-refractivity contribution < 1.29 is 4.79 Å². The van der Waals surface area contributed by atoms with Crippen molar-refractivity contribution in [3.8, 4) is 6.07 Å². The molecule has 92 valence electrons. The Hall–Kier alpha value is -2.87. The van der Waals surface area contributed by atoms with Gasteiger partial charge >= 0.3 is 0 Å². The number of aromatic nitrogens is 1. The molecule has 1 aromatic heterocycles. The largest absolute Gasteiger partial charge is 0.346 e. The predicted octanol–water partition coefficient (Wildman–Crippen LogP) is 1.81. The summed E-state index contributed by atoms with van der Waals surface area (Å²) in [7, 11) is 0. The molecule has 0 radical (unpaired) electrons. The fourth-order valence-corrected chi connectivity index (χ4v) is 2.04. The Morgan fingerprint density at radius 2 is 2.11 bits per heavy atom. The van der Waals surface area contributed by atoms with Crippen molar-refractivity contribution in [2.75, 3.05) is 5.32 Å². The Morgan fingerprint density at radius 1 is 1.21 bits per heavy atom. The summed E-state index contributed by atoms with van der Waals surface area (Å²) in [5.74, 6) is 0.382. The first-order valence-corrected chi connectivity index (χ1v) is 5.80. The second kappa shape index (κ2) is 4.42. The average Bonchev–Trinajstić information content (AvgIpc) is 2.47. The Balaban J connectivity index is 1.97. The zero-order valence-corrected chi connectivity index (χ0v) is 9.92. The highest BCUT2D eigenvalue weighted by Gasteiger charge is 2.25. The van der Waals surface area contributed by atoms with Gasteiger partial charge in [0.15, 0.2) is 0 Å². The van der Waals surface area contributed by atoms with E-state index in [0.29, 0.717) is 16.9 Å². The van der Waals surface area contributed by atoms with Crippen LogP contribution in [0.15, 0.2) is 42.6 Å². The number of nitrogens with zero attached hydrogens (tertiary/aromatic N) is 2. The smallest absolute Gasteiger partial charge is 0.256 e. The number of amides is 1. The number of fused-ring (bicyclic) bond motifs is 1. The second-order valence-electron chi connectivity index (χ2n) is 4.19. The van der Waals surface area contributed by atoms with Gasteiger partial charge in [-0.1, -0.05) is 12.1 Å². The summed E-state index contributed by atoms with van der Waals surface area (Å²) in [6, 6.07) is 12.6. The molecule has 1 amide bonds. The van der Waals surface area contributed by atoms with Crippen molar-refractivity contribution in [2.45, 2.75) is 6.17 Å². The van der Waals surface area contributed by atoms with E-state index in [1.165, 1.54) is 0 Å². The summed E-state index contributed by atoms with van der Waals surface area (Å²) in [6.07, 6.45) is 1.26. The molecule has 0 aliphatic carbocycles. The lowest BCUT2D eigenvalue weighted by Gasteiger charge is -2.27. The number of benzene rings is 1. The van der Waals surface area contributed by atoms with Gasteiger partial charge in [-0.2, -0.15) is 5.26 Å². The molecule has 3 rings (SSSR count). The number of nitrogens with one attached hydrogen (secondary N) is 2. The van der Waals surface area contributed by atoms with Gasteiger partial charge in [0.25, 0.3) is 5.91 Å². The molecule has 2 heterocycles. The van der Waals surface area contributed by atoms with Crippen LogP contribution in [-0.2, 0) is 0 Å². The van der Waals surface area contributed by atoms with Crippen LogP contribution in [-0.4, -0.2) is 10.9 Å². The quantitative estimate of drug-likeness (QED) is 0.809. The molecule has 2 aromatic rings. The summed E-state index contributed by atoms with van der Waals surface area (Å²) in [5.41, 5.74) is 1.90. The van der Waals surface area contributed by atoms with E-state index in [0.717, 1.165) is 5.56 Å². The fourth-order valence-electron chi connectivity index (χ4n) is 2.04. The van der Waals surface area contributed by atoms with Crippen LogP contribution in [0.4, 0.5) is 5.82 Å². The number of hydrogen-bond acceptors (Lipinski definition) is 4. The molecular formula is C14H10N4O. The Bertz CT molecular complexity index is 690. The lowest BCUT2D eigenvalue weighted by molar-refractivity contribution is 0.0935. The molecule has 1 aliphatic heterocycles. The Kier molecular flexibility index (Phi) is 2.62. The van der Waals surface area contributed by atoms with Crippen LogP contribution in [0.3, 0.4) is 0 Å². The van der Waals surface area contributed by atoms with E-state index in [4.69, 9.17) is 5.26 Å². The SMILES string of the molecule is N#Cc1cccc(C2NC(=O)c3cccnc3N2)c1.